The second-order valence-corrected chi connectivity index (χ2v) is 3.04. The number of halogens is 3. The molecular weight excluding hydrogens is 211 g/mol. The third kappa shape index (κ3) is 1.62. The molecule has 1 aromatic carbocycles. The molecule has 2 rings (SSSR count). The molecule has 1 heterocycles. The van der Waals surface area contributed by atoms with Gasteiger partial charge in [-0.2, -0.15) is 13.2 Å². The zero-order valence-corrected chi connectivity index (χ0v) is 7.38. The molecule has 0 saturated heterocycles. The van der Waals surface area contributed by atoms with Crippen LogP contribution in [0.4, 0.5) is 13.2 Å². The van der Waals surface area contributed by atoms with E-state index in [2.05, 4.69) is 5.16 Å². The number of hydrogen-bond acceptors (Lipinski definition) is 3. The first-order valence-electron chi connectivity index (χ1n) is 4.07. The number of nitrogens with zero attached hydrogens (tertiary/aromatic N) is 1. The Morgan fingerprint density at radius 1 is 1.33 bits per heavy atom. The summed E-state index contributed by atoms with van der Waals surface area (Å²) in [6.45, 7) is -0.00680. The number of alkyl halides is 3. The van der Waals surface area contributed by atoms with Gasteiger partial charge in [-0.25, -0.2) is 0 Å². The fraction of sp³-hybridized carbons (Fsp3) is 0.222. The monoisotopic (exact) mass is 217 g/mol. The molecule has 3 nitrogen and oxygen atoms in total. The predicted octanol–water partition coefficient (Wildman–Crippen LogP) is 2.28. The molecule has 0 saturated carbocycles. The highest BCUT2D eigenvalue weighted by atomic mass is 19.4. The van der Waals surface area contributed by atoms with Crippen LogP contribution >= 0.6 is 0 Å². The van der Waals surface area contributed by atoms with Crippen LogP contribution in [-0.4, -0.2) is 17.5 Å². The van der Waals surface area contributed by atoms with Crippen LogP contribution in [0.1, 0.15) is 11.1 Å². The van der Waals surface area contributed by atoms with Crippen molar-refractivity contribution in [3.8, 4) is 5.75 Å². The van der Waals surface area contributed by atoms with E-state index in [0.29, 0.717) is 5.56 Å². The van der Waals surface area contributed by atoms with E-state index in [-0.39, 0.29) is 18.1 Å². The van der Waals surface area contributed by atoms with Crippen molar-refractivity contribution in [1.29, 1.82) is 0 Å². The van der Waals surface area contributed by atoms with Gasteiger partial charge in [-0.3, -0.25) is 0 Å². The van der Waals surface area contributed by atoms with Crippen LogP contribution in [0, 0.1) is 0 Å². The molecule has 0 aromatic heterocycles. The second-order valence-electron chi connectivity index (χ2n) is 3.04. The number of oxime groups is 1. The minimum atomic E-state index is -4.39. The normalized spacial score (nSPS) is 17.7. The van der Waals surface area contributed by atoms with Gasteiger partial charge < -0.3 is 9.94 Å². The van der Waals surface area contributed by atoms with Crippen molar-refractivity contribution in [2.45, 2.75) is 6.18 Å². The van der Waals surface area contributed by atoms with Crippen LogP contribution in [0.5, 0.6) is 5.75 Å². The average Bonchev–Trinajstić information content (AvgIpc) is 2.58. The fourth-order valence-corrected chi connectivity index (χ4v) is 1.36. The number of fused-ring (bicyclic) bond motifs is 1. The lowest BCUT2D eigenvalue weighted by Gasteiger charge is -2.07. The van der Waals surface area contributed by atoms with Crippen LogP contribution in [0.25, 0.3) is 0 Å². The first-order chi connectivity index (χ1) is 7.02. The Bertz CT molecular complexity index is 426. The molecule has 0 atom stereocenters. The highest BCUT2D eigenvalue weighted by Crippen LogP contribution is 2.35. The molecule has 1 aliphatic heterocycles. The summed E-state index contributed by atoms with van der Waals surface area (Å²) in [6.07, 6.45) is -4.39. The van der Waals surface area contributed by atoms with Gasteiger partial charge in [0.25, 0.3) is 0 Å². The Kier molecular flexibility index (Phi) is 2.06. The van der Waals surface area contributed by atoms with E-state index < -0.39 is 11.7 Å². The lowest BCUT2D eigenvalue weighted by molar-refractivity contribution is -0.137. The molecule has 0 spiro atoms. The molecule has 80 valence electrons. The van der Waals surface area contributed by atoms with E-state index in [9.17, 15) is 13.2 Å². The summed E-state index contributed by atoms with van der Waals surface area (Å²) >= 11 is 0. The number of ether oxygens (including phenoxy) is 1. The maximum Gasteiger partial charge on any atom is 0.416 e. The largest absolute Gasteiger partial charge is 0.486 e. The SMILES string of the molecule is O/N=C1\COc2cc(C(F)(F)F)ccc21. The molecule has 0 unspecified atom stereocenters. The van der Waals surface area contributed by atoms with Crippen molar-refractivity contribution in [2.75, 3.05) is 6.61 Å². The standard InChI is InChI=1S/C9H6F3NO2/c10-9(11,12)5-1-2-6-7(13-14)4-15-8(6)3-5/h1-3,14H,4H2/b13-7+. The van der Waals surface area contributed by atoms with E-state index in [1.807, 2.05) is 0 Å². The van der Waals surface area contributed by atoms with E-state index in [4.69, 9.17) is 9.94 Å². The summed E-state index contributed by atoms with van der Waals surface area (Å²) in [7, 11) is 0. The third-order valence-corrected chi connectivity index (χ3v) is 2.10. The van der Waals surface area contributed by atoms with Crippen LogP contribution in [0.15, 0.2) is 23.4 Å². The first-order valence-corrected chi connectivity index (χ1v) is 4.07. The van der Waals surface area contributed by atoms with Gasteiger partial charge in [0, 0.05) is 5.56 Å². The molecule has 0 bridgehead atoms. The van der Waals surface area contributed by atoms with Gasteiger partial charge >= 0.3 is 6.18 Å². The van der Waals surface area contributed by atoms with Crippen LogP contribution < -0.4 is 4.74 Å². The molecule has 0 radical (unpaired) electrons. The molecule has 1 N–H and O–H groups in total. The van der Waals surface area contributed by atoms with E-state index in [0.717, 1.165) is 12.1 Å². The minimum absolute atomic E-state index is 0.00680. The van der Waals surface area contributed by atoms with Crippen molar-refractivity contribution in [1.82, 2.24) is 0 Å². The van der Waals surface area contributed by atoms with Crippen molar-refractivity contribution in [3.63, 3.8) is 0 Å². The molecule has 0 aliphatic carbocycles. The lowest BCUT2D eigenvalue weighted by Crippen LogP contribution is -2.04. The number of hydrogen-bond donors (Lipinski definition) is 1. The highest BCUT2D eigenvalue weighted by molar-refractivity contribution is 6.05. The van der Waals surface area contributed by atoms with Crippen LogP contribution in [-0.2, 0) is 6.18 Å². The summed E-state index contributed by atoms with van der Waals surface area (Å²) in [4.78, 5) is 0. The van der Waals surface area contributed by atoms with Gasteiger partial charge in [0.05, 0.1) is 5.56 Å². The zero-order valence-electron chi connectivity index (χ0n) is 7.38. The topological polar surface area (TPSA) is 41.8 Å². The van der Waals surface area contributed by atoms with Gasteiger partial charge in [-0.05, 0) is 18.2 Å². The number of benzene rings is 1. The zero-order chi connectivity index (χ0) is 11.1. The summed E-state index contributed by atoms with van der Waals surface area (Å²) in [5.41, 5.74) is -0.148. The Morgan fingerprint density at radius 2 is 2.07 bits per heavy atom. The van der Waals surface area contributed by atoms with Gasteiger partial charge in [0.1, 0.15) is 18.1 Å². The summed E-state index contributed by atoms with van der Waals surface area (Å²) in [6, 6.07) is 3.06. The summed E-state index contributed by atoms with van der Waals surface area (Å²) in [5, 5.41) is 11.5. The summed E-state index contributed by atoms with van der Waals surface area (Å²) < 4.78 is 41.8. The number of rotatable bonds is 0. The second kappa shape index (κ2) is 3.15. The van der Waals surface area contributed by atoms with E-state index >= 15 is 0 Å². The Balaban J connectivity index is 2.46. The van der Waals surface area contributed by atoms with Crippen LogP contribution in [0.2, 0.25) is 0 Å². The smallest absolute Gasteiger partial charge is 0.416 e. The Labute approximate surface area is 82.8 Å². The molecule has 0 fully saturated rings. The van der Waals surface area contributed by atoms with Crippen molar-refractivity contribution in [2.24, 2.45) is 5.16 Å². The van der Waals surface area contributed by atoms with Gasteiger partial charge in [0.2, 0.25) is 0 Å². The Hall–Kier alpha value is -1.72. The lowest BCUT2D eigenvalue weighted by atomic mass is 10.1. The first kappa shape index (κ1) is 9.82. The molecular formula is C9H6F3NO2. The van der Waals surface area contributed by atoms with Gasteiger partial charge in [-0.15, -0.1) is 0 Å². The van der Waals surface area contributed by atoms with Crippen molar-refractivity contribution < 1.29 is 23.1 Å². The minimum Gasteiger partial charge on any atom is -0.486 e. The third-order valence-electron chi connectivity index (χ3n) is 2.10. The van der Waals surface area contributed by atoms with E-state index in [1.54, 1.807) is 0 Å². The van der Waals surface area contributed by atoms with Crippen molar-refractivity contribution in [3.05, 3.63) is 29.3 Å². The summed E-state index contributed by atoms with van der Waals surface area (Å²) in [5.74, 6) is 0.0950. The Morgan fingerprint density at radius 3 is 2.67 bits per heavy atom. The van der Waals surface area contributed by atoms with Crippen molar-refractivity contribution >= 4 is 5.71 Å². The quantitative estimate of drug-likeness (QED) is 0.535. The van der Waals surface area contributed by atoms with Crippen LogP contribution in [0.3, 0.4) is 0 Å². The highest BCUT2D eigenvalue weighted by Gasteiger charge is 2.32. The molecule has 1 aliphatic rings. The molecule has 6 heteroatoms. The predicted molar refractivity (Wildman–Crippen MR) is 45.3 cm³/mol. The maximum atomic E-state index is 12.3. The fourth-order valence-electron chi connectivity index (χ4n) is 1.36. The maximum absolute atomic E-state index is 12.3. The van der Waals surface area contributed by atoms with Gasteiger partial charge in [0.15, 0.2) is 0 Å². The molecule has 15 heavy (non-hydrogen) atoms. The van der Waals surface area contributed by atoms with E-state index in [1.165, 1.54) is 6.07 Å². The average molecular weight is 217 g/mol. The van der Waals surface area contributed by atoms with Gasteiger partial charge in [-0.1, -0.05) is 5.16 Å². The molecule has 1 aromatic rings. The molecule has 0 amide bonds.